The fraction of sp³-hybridized carbons (Fsp3) is 0.194. The summed E-state index contributed by atoms with van der Waals surface area (Å²) >= 11 is 0. The van der Waals surface area contributed by atoms with Gasteiger partial charge in [0.1, 0.15) is 23.0 Å². The van der Waals surface area contributed by atoms with Gasteiger partial charge in [-0.05, 0) is 49.2 Å². The SMILES string of the molecule is O=C(CCCCCNC(=O)c1ccc2c(c1)C(=O)OC21c2ccc(O)cc2Oc2cc(O)ccc21)On1c(O)ccc1O. The number of carbonyl (C=O) groups excluding carboxylic acids is 3. The minimum Gasteiger partial charge on any atom is -0.508 e. The summed E-state index contributed by atoms with van der Waals surface area (Å²) in [6, 6.07) is 16.0. The van der Waals surface area contributed by atoms with Crippen molar-refractivity contribution in [3.05, 3.63) is 94.5 Å². The second-order valence-corrected chi connectivity index (χ2v) is 10.2. The molecule has 0 saturated carbocycles. The van der Waals surface area contributed by atoms with E-state index in [-0.39, 0.29) is 40.5 Å². The van der Waals surface area contributed by atoms with Crippen LogP contribution in [-0.2, 0) is 15.1 Å². The number of fused-ring (bicyclic) bond motifs is 6. The predicted molar refractivity (Wildman–Crippen MR) is 148 cm³/mol. The van der Waals surface area contributed by atoms with Crippen LogP contribution in [0.25, 0.3) is 0 Å². The average Bonchev–Trinajstić information content (AvgIpc) is 3.45. The van der Waals surface area contributed by atoms with Gasteiger partial charge in [0, 0.05) is 59.5 Å². The molecule has 1 spiro atoms. The highest BCUT2D eigenvalue weighted by molar-refractivity contribution is 6.01. The summed E-state index contributed by atoms with van der Waals surface area (Å²) in [6.45, 7) is 0.323. The number of nitrogens with zero attached hydrogens (tertiary/aromatic N) is 1. The lowest BCUT2D eigenvalue weighted by Gasteiger charge is -2.36. The molecule has 3 heterocycles. The van der Waals surface area contributed by atoms with E-state index in [9.17, 15) is 34.8 Å². The van der Waals surface area contributed by atoms with Gasteiger partial charge in [-0.3, -0.25) is 4.79 Å². The van der Waals surface area contributed by atoms with E-state index in [1.807, 2.05) is 0 Å². The van der Waals surface area contributed by atoms with Crippen molar-refractivity contribution in [2.45, 2.75) is 31.3 Å². The molecular weight excluding hydrogens is 560 g/mol. The van der Waals surface area contributed by atoms with E-state index in [1.165, 1.54) is 42.5 Å². The van der Waals surface area contributed by atoms with Crippen LogP contribution in [0, 0.1) is 0 Å². The molecule has 12 heteroatoms. The summed E-state index contributed by atoms with van der Waals surface area (Å²) < 4.78 is 12.6. The molecule has 12 nitrogen and oxygen atoms in total. The zero-order valence-electron chi connectivity index (χ0n) is 22.6. The van der Waals surface area contributed by atoms with Crippen LogP contribution in [0.5, 0.6) is 34.8 Å². The van der Waals surface area contributed by atoms with Crippen molar-refractivity contribution in [3.8, 4) is 34.8 Å². The number of nitrogens with one attached hydrogen (secondary N) is 1. The van der Waals surface area contributed by atoms with E-state index < -0.39 is 35.2 Å². The largest absolute Gasteiger partial charge is 0.508 e. The smallest absolute Gasteiger partial charge is 0.340 e. The number of hydrogen-bond donors (Lipinski definition) is 5. The van der Waals surface area contributed by atoms with Gasteiger partial charge in [-0.25, -0.2) is 9.59 Å². The molecule has 6 rings (SSSR count). The van der Waals surface area contributed by atoms with E-state index in [4.69, 9.17) is 14.3 Å². The third-order valence-electron chi connectivity index (χ3n) is 7.37. The molecule has 0 saturated heterocycles. The van der Waals surface area contributed by atoms with Crippen LogP contribution in [0.1, 0.15) is 63.1 Å². The number of unbranched alkanes of at least 4 members (excludes halogenated alkanes) is 2. The van der Waals surface area contributed by atoms with Crippen LogP contribution in [0.2, 0.25) is 0 Å². The standard InChI is InChI=1S/C31H26N2O10/c34-18-6-9-22-24(15-18)41-25-16-19(35)7-10-23(25)31(22)21-8-5-17(14-20(21)30(40)42-31)29(39)32-13-3-1-2-4-28(38)43-33-26(36)11-12-27(33)37/h5-12,14-16,34-37H,1-4,13H2,(H,32,39). The lowest BCUT2D eigenvalue weighted by molar-refractivity contribution is -0.145. The van der Waals surface area contributed by atoms with E-state index in [2.05, 4.69) is 5.32 Å². The zero-order valence-corrected chi connectivity index (χ0v) is 22.6. The maximum absolute atomic E-state index is 13.2. The van der Waals surface area contributed by atoms with Crippen molar-refractivity contribution in [2.24, 2.45) is 0 Å². The minimum absolute atomic E-state index is 0.0495. The van der Waals surface area contributed by atoms with E-state index in [1.54, 1.807) is 24.3 Å². The molecule has 1 amide bonds. The highest BCUT2D eigenvalue weighted by Crippen LogP contribution is 2.57. The van der Waals surface area contributed by atoms with Crippen LogP contribution >= 0.6 is 0 Å². The van der Waals surface area contributed by atoms with Crippen LogP contribution in [0.3, 0.4) is 0 Å². The molecule has 3 aromatic carbocycles. The quantitative estimate of drug-likeness (QED) is 0.151. The first-order valence-corrected chi connectivity index (χ1v) is 13.5. The molecule has 43 heavy (non-hydrogen) atoms. The van der Waals surface area contributed by atoms with Gasteiger partial charge in [0.2, 0.25) is 11.8 Å². The summed E-state index contributed by atoms with van der Waals surface area (Å²) in [6.07, 6.45) is 1.69. The number of ether oxygens (including phenoxy) is 2. The van der Waals surface area contributed by atoms with Crippen molar-refractivity contribution in [1.29, 1.82) is 0 Å². The second kappa shape index (κ2) is 10.6. The van der Waals surface area contributed by atoms with Gasteiger partial charge in [0.05, 0.1) is 5.56 Å². The number of amides is 1. The topological polar surface area (TPSA) is 177 Å². The summed E-state index contributed by atoms with van der Waals surface area (Å²) in [4.78, 5) is 43.0. The summed E-state index contributed by atoms with van der Waals surface area (Å²) in [5.74, 6) is -2.03. The molecule has 0 bridgehead atoms. The molecule has 0 unspecified atom stereocenters. The monoisotopic (exact) mass is 586 g/mol. The lowest BCUT2D eigenvalue weighted by atomic mass is 9.77. The van der Waals surface area contributed by atoms with E-state index in [0.717, 1.165) is 0 Å². The van der Waals surface area contributed by atoms with Gasteiger partial charge in [-0.15, -0.1) is 4.73 Å². The number of aromatic hydroxyl groups is 4. The lowest BCUT2D eigenvalue weighted by Crippen LogP contribution is -2.33. The average molecular weight is 587 g/mol. The van der Waals surface area contributed by atoms with E-state index in [0.29, 0.717) is 47.2 Å². The van der Waals surface area contributed by atoms with Gasteiger partial charge in [-0.1, -0.05) is 12.5 Å². The highest BCUT2D eigenvalue weighted by Gasteiger charge is 2.53. The van der Waals surface area contributed by atoms with Crippen molar-refractivity contribution in [1.82, 2.24) is 10.0 Å². The molecule has 220 valence electrons. The number of hydrogen-bond acceptors (Lipinski definition) is 10. The Hall–Kier alpha value is -5.65. The molecular formula is C31H26N2O10. The number of rotatable bonds is 8. The first-order chi connectivity index (χ1) is 20.7. The zero-order chi connectivity index (χ0) is 30.3. The van der Waals surface area contributed by atoms with Crippen LogP contribution in [0.4, 0.5) is 0 Å². The number of aromatic nitrogens is 1. The maximum Gasteiger partial charge on any atom is 0.340 e. The Morgan fingerprint density at radius 2 is 1.42 bits per heavy atom. The maximum atomic E-state index is 13.2. The van der Waals surface area contributed by atoms with Gasteiger partial charge in [0.15, 0.2) is 5.60 Å². The number of carbonyl (C=O) groups is 3. The van der Waals surface area contributed by atoms with Crippen LogP contribution in [0.15, 0.2) is 66.7 Å². The fourth-order valence-corrected chi connectivity index (χ4v) is 5.36. The van der Waals surface area contributed by atoms with Crippen molar-refractivity contribution < 1.29 is 49.1 Å². The fourth-order valence-electron chi connectivity index (χ4n) is 5.36. The summed E-state index contributed by atoms with van der Waals surface area (Å²) in [7, 11) is 0. The molecule has 4 aromatic rings. The second-order valence-electron chi connectivity index (χ2n) is 10.2. The number of phenolic OH excluding ortho intramolecular Hbond substituents is 2. The Balaban J connectivity index is 1.12. The third-order valence-corrected chi connectivity index (χ3v) is 7.37. The first kappa shape index (κ1) is 27.5. The Morgan fingerprint density at radius 3 is 2.07 bits per heavy atom. The molecule has 0 atom stereocenters. The Kier molecular flexibility index (Phi) is 6.81. The molecule has 0 aliphatic carbocycles. The van der Waals surface area contributed by atoms with Gasteiger partial charge in [-0.2, -0.15) is 0 Å². The van der Waals surface area contributed by atoms with Crippen molar-refractivity contribution >= 4 is 17.8 Å². The molecule has 5 N–H and O–H groups in total. The van der Waals surface area contributed by atoms with Gasteiger partial charge in [0.25, 0.3) is 5.91 Å². The molecule has 0 radical (unpaired) electrons. The third kappa shape index (κ3) is 4.82. The Morgan fingerprint density at radius 1 is 0.791 bits per heavy atom. The Bertz CT molecular complexity index is 1710. The van der Waals surface area contributed by atoms with Crippen LogP contribution < -0.4 is 14.9 Å². The number of benzene rings is 3. The predicted octanol–water partition coefficient (Wildman–Crippen LogP) is 3.82. The molecule has 1 aromatic heterocycles. The Labute approximate surface area is 244 Å². The van der Waals surface area contributed by atoms with Crippen molar-refractivity contribution in [2.75, 3.05) is 6.54 Å². The number of phenols is 2. The van der Waals surface area contributed by atoms with Gasteiger partial charge < -0.3 is 40.1 Å². The van der Waals surface area contributed by atoms with Crippen LogP contribution in [-0.4, -0.2) is 49.5 Å². The first-order valence-electron chi connectivity index (χ1n) is 13.5. The summed E-state index contributed by atoms with van der Waals surface area (Å²) in [5, 5.41) is 42.0. The summed E-state index contributed by atoms with van der Waals surface area (Å²) in [5.41, 5.74) is 0.505. The van der Waals surface area contributed by atoms with E-state index >= 15 is 0 Å². The highest BCUT2D eigenvalue weighted by atomic mass is 16.7. The normalized spacial score (nSPS) is 13.8. The minimum atomic E-state index is -1.41. The molecule has 2 aliphatic rings. The van der Waals surface area contributed by atoms with Gasteiger partial charge >= 0.3 is 11.9 Å². The molecule has 2 aliphatic heterocycles. The number of esters is 1. The van der Waals surface area contributed by atoms with Crippen molar-refractivity contribution in [3.63, 3.8) is 0 Å². The molecule has 0 fully saturated rings.